The summed E-state index contributed by atoms with van der Waals surface area (Å²) in [7, 11) is 0. The molecule has 7 atom stereocenters. The van der Waals surface area contributed by atoms with Crippen LogP contribution in [0.1, 0.15) is 66.5 Å². The number of H-pyrrole nitrogens is 1. The Kier molecular flexibility index (Phi) is 17.7. The molecule has 1 rings (SSSR count). The number of aliphatic hydroxyl groups is 2. The van der Waals surface area contributed by atoms with Crippen molar-refractivity contribution in [1.29, 1.82) is 0 Å². The molecule has 0 fully saturated rings. The number of amides is 5. The summed E-state index contributed by atoms with van der Waals surface area (Å²) in [4.78, 5) is 83.8. The van der Waals surface area contributed by atoms with Gasteiger partial charge in [-0.05, 0) is 30.6 Å². The summed E-state index contributed by atoms with van der Waals surface area (Å²) in [6, 6.07) is -7.10. The topological polar surface area (TPSA) is 258 Å². The second kappa shape index (κ2) is 20.3. The fraction of sp³-hybridized carbons (Fsp3) is 0.700. The molecule has 46 heavy (non-hydrogen) atoms. The third-order valence-electron chi connectivity index (χ3n) is 7.25. The van der Waals surface area contributed by atoms with E-state index in [1.807, 2.05) is 34.6 Å². The van der Waals surface area contributed by atoms with Gasteiger partial charge in [0.2, 0.25) is 35.8 Å². The molecular weight excluding hydrogens is 600 g/mol. The van der Waals surface area contributed by atoms with Gasteiger partial charge in [0.25, 0.3) is 0 Å². The molecule has 0 saturated heterocycles. The Balaban J connectivity index is 3.22. The SMILES string of the molecule is CC[C@H](C)[C@H](NC(=O)[C@H](CC(C)C)NC(=O)[C@@H](N)CO)C(=O)N[C@@H](Cc1c[nH]cn1)C(=O)N[C@@H](CO)C(=O)N[C@H]([C]=O)CC(C)C. The monoisotopic (exact) mass is 651 g/mol. The van der Waals surface area contributed by atoms with Gasteiger partial charge in [-0.25, -0.2) is 4.98 Å². The van der Waals surface area contributed by atoms with Crippen LogP contribution in [0.15, 0.2) is 12.5 Å². The fourth-order valence-electron chi connectivity index (χ4n) is 4.45. The van der Waals surface area contributed by atoms with Gasteiger partial charge >= 0.3 is 0 Å². The van der Waals surface area contributed by atoms with E-state index in [4.69, 9.17) is 5.73 Å². The van der Waals surface area contributed by atoms with Crippen molar-refractivity contribution >= 4 is 35.8 Å². The summed E-state index contributed by atoms with van der Waals surface area (Å²) in [5, 5.41) is 31.8. The Hall–Kier alpha value is -3.89. The first kappa shape index (κ1) is 40.1. The smallest absolute Gasteiger partial charge is 0.245 e. The largest absolute Gasteiger partial charge is 0.394 e. The Labute approximate surface area is 269 Å². The minimum Gasteiger partial charge on any atom is -0.394 e. The van der Waals surface area contributed by atoms with Crippen LogP contribution in [0.5, 0.6) is 0 Å². The van der Waals surface area contributed by atoms with Crippen LogP contribution in [0.2, 0.25) is 0 Å². The Morgan fingerprint density at radius 1 is 0.804 bits per heavy atom. The first-order valence-electron chi connectivity index (χ1n) is 15.5. The van der Waals surface area contributed by atoms with Crippen molar-refractivity contribution in [2.75, 3.05) is 13.2 Å². The number of hydrogen-bond donors (Lipinski definition) is 9. The molecule has 0 aliphatic rings. The highest BCUT2D eigenvalue weighted by atomic mass is 16.3. The van der Waals surface area contributed by atoms with Crippen LogP contribution in [0, 0.1) is 17.8 Å². The van der Waals surface area contributed by atoms with Gasteiger partial charge in [0.1, 0.15) is 30.2 Å². The highest BCUT2D eigenvalue weighted by Gasteiger charge is 2.34. The average molecular weight is 652 g/mol. The van der Waals surface area contributed by atoms with Gasteiger partial charge in [0.05, 0.1) is 31.3 Å². The lowest BCUT2D eigenvalue weighted by molar-refractivity contribution is -0.136. The number of aromatic amines is 1. The zero-order chi connectivity index (χ0) is 35.0. The van der Waals surface area contributed by atoms with Crippen molar-refractivity contribution in [3.05, 3.63) is 18.2 Å². The molecule has 0 aromatic carbocycles. The van der Waals surface area contributed by atoms with Crippen LogP contribution in [-0.2, 0) is 35.2 Å². The third-order valence-corrected chi connectivity index (χ3v) is 7.25. The number of imidazole rings is 1. The van der Waals surface area contributed by atoms with Crippen LogP contribution in [0.3, 0.4) is 0 Å². The Morgan fingerprint density at radius 2 is 1.37 bits per heavy atom. The minimum atomic E-state index is -1.44. The molecule has 16 heteroatoms. The van der Waals surface area contributed by atoms with Crippen molar-refractivity contribution in [2.45, 2.75) is 103 Å². The number of nitrogens with two attached hydrogens (primary N) is 1. The van der Waals surface area contributed by atoms with E-state index in [2.05, 4.69) is 36.6 Å². The maximum Gasteiger partial charge on any atom is 0.245 e. The van der Waals surface area contributed by atoms with E-state index in [0.29, 0.717) is 18.5 Å². The number of aliphatic hydroxyl groups excluding tert-OH is 2. The van der Waals surface area contributed by atoms with Gasteiger partial charge in [-0.2, -0.15) is 0 Å². The number of aromatic nitrogens is 2. The van der Waals surface area contributed by atoms with E-state index in [1.165, 1.54) is 12.5 Å². The van der Waals surface area contributed by atoms with Crippen molar-refractivity contribution in [3.8, 4) is 0 Å². The molecule has 0 saturated carbocycles. The maximum absolute atomic E-state index is 13.7. The quantitative estimate of drug-likeness (QED) is 0.0702. The molecule has 0 bridgehead atoms. The molecule has 1 radical (unpaired) electrons. The zero-order valence-corrected chi connectivity index (χ0v) is 27.5. The maximum atomic E-state index is 13.7. The van der Waals surface area contributed by atoms with Crippen molar-refractivity contribution in [1.82, 2.24) is 36.6 Å². The first-order chi connectivity index (χ1) is 21.7. The molecular formula is C30H51N8O8. The second-order valence-corrected chi connectivity index (χ2v) is 12.2. The van der Waals surface area contributed by atoms with Crippen LogP contribution in [0.4, 0.5) is 0 Å². The van der Waals surface area contributed by atoms with Gasteiger partial charge in [0.15, 0.2) is 0 Å². The number of nitrogens with one attached hydrogen (secondary N) is 6. The van der Waals surface area contributed by atoms with E-state index in [-0.39, 0.29) is 24.7 Å². The van der Waals surface area contributed by atoms with Gasteiger partial charge in [-0.3, -0.25) is 28.8 Å². The molecule has 1 heterocycles. The summed E-state index contributed by atoms with van der Waals surface area (Å²) in [6.45, 7) is 9.53. The number of nitrogens with zero attached hydrogens (tertiary/aromatic N) is 1. The lowest BCUT2D eigenvalue weighted by atomic mass is 9.96. The third kappa shape index (κ3) is 13.6. The number of carbonyl (C=O) groups is 5. The summed E-state index contributed by atoms with van der Waals surface area (Å²) in [5.74, 6) is -4.10. The van der Waals surface area contributed by atoms with Crippen LogP contribution in [0.25, 0.3) is 0 Å². The lowest BCUT2D eigenvalue weighted by Crippen LogP contribution is -2.61. The zero-order valence-electron chi connectivity index (χ0n) is 27.5. The minimum absolute atomic E-state index is 0.0269. The molecule has 259 valence electrons. The van der Waals surface area contributed by atoms with Gasteiger partial charge in [-0.1, -0.05) is 48.0 Å². The lowest BCUT2D eigenvalue weighted by Gasteiger charge is -2.29. The Morgan fingerprint density at radius 3 is 1.87 bits per heavy atom. The average Bonchev–Trinajstić information content (AvgIpc) is 3.52. The van der Waals surface area contributed by atoms with Crippen LogP contribution < -0.4 is 32.3 Å². The number of carbonyl (C=O) groups excluding carboxylic acids is 6. The first-order valence-corrected chi connectivity index (χ1v) is 15.5. The summed E-state index contributed by atoms with van der Waals surface area (Å²) >= 11 is 0. The predicted molar refractivity (Wildman–Crippen MR) is 168 cm³/mol. The van der Waals surface area contributed by atoms with Crippen LogP contribution >= 0.6 is 0 Å². The molecule has 0 aliphatic carbocycles. The Bertz CT molecular complexity index is 1130. The predicted octanol–water partition coefficient (Wildman–Crippen LogP) is -2.06. The highest BCUT2D eigenvalue weighted by Crippen LogP contribution is 2.12. The van der Waals surface area contributed by atoms with Crippen LogP contribution in [-0.4, -0.2) is 105 Å². The normalized spacial score (nSPS) is 15.9. The van der Waals surface area contributed by atoms with Crippen molar-refractivity contribution in [3.63, 3.8) is 0 Å². The second-order valence-electron chi connectivity index (χ2n) is 12.2. The molecule has 0 unspecified atom stereocenters. The number of rotatable bonds is 21. The van der Waals surface area contributed by atoms with Gasteiger partial charge in [0, 0.05) is 12.6 Å². The summed E-state index contributed by atoms with van der Waals surface area (Å²) < 4.78 is 0. The molecule has 10 N–H and O–H groups in total. The summed E-state index contributed by atoms with van der Waals surface area (Å²) in [6.07, 6.45) is 5.52. The molecule has 1 aromatic rings. The fourth-order valence-corrected chi connectivity index (χ4v) is 4.45. The number of hydrogen-bond acceptors (Lipinski definition) is 10. The van der Waals surface area contributed by atoms with Crippen molar-refractivity contribution < 1.29 is 39.0 Å². The van der Waals surface area contributed by atoms with E-state index < -0.39 is 84.9 Å². The van der Waals surface area contributed by atoms with E-state index in [9.17, 15) is 39.0 Å². The van der Waals surface area contributed by atoms with E-state index in [1.54, 1.807) is 13.2 Å². The van der Waals surface area contributed by atoms with Gasteiger partial charge < -0.3 is 47.5 Å². The van der Waals surface area contributed by atoms with E-state index in [0.717, 1.165) is 0 Å². The van der Waals surface area contributed by atoms with E-state index >= 15 is 0 Å². The molecule has 0 spiro atoms. The van der Waals surface area contributed by atoms with Crippen molar-refractivity contribution in [2.24, 2.45) is 23.5 Å². The molecule has 5 amide bonds. The molecule has 16 nitrogen and oxygen atoms in total. The molecule has 1 aromatic heterocycles. The standard InChI is InChI=1S/C30H51N8O8/c1-7-18(6)25(38-28(44)22(9-17(4)5)35-26(42)21(31)13-40)30(46)36-23(10-19-11-32-15-33-19)27(43)37-24(14-41)29(45)34-20(12-39)8-16(2)3/h11,15-18,20-25,40-41H,7-10,13-14,31H2,1-6H3,(H,32,33)(H,34,45)(H,35,42)(H,36,46)(H,37,43)(H,38,44)/t18-,20-,21-,22-,23-,24-,25-/m0/s1. The molecule has 0 aliphatic heterocycles. The summed E-state index contributed by atoms with van der Waals surface area (Å²) in [5.41, 5.74) is 6.01. The highest BCUT2D eigenvalue weighted by molar-refractivity contribution is 5.96. The van der Waals surface area contributed by atoms with Gasteiger partial charge in [-0.15, -0.1) is 0 Å².